The molecule has 3 nitrogen and oxygen atoms in total. The molecule has 3 aliphatic rings. The second-order valence-corrected chi connectivity index (χ2v) is 9.26. The third-order valence-corrected chi connectivity index (χ3v) is 7.99. The Kier molecular flexibility index (Phi) is 5.00. The van der Waals surface area contributed by atoms with Crippen LogP contribution in [0.3, 0.4) is 0 Å². The van der Waals surface area contributed by atoms with Gasteiger partial charge < -0.3 is 14.9 Å². The Balaban J connectivity index is 1.60. The molecule has 0 aliphatic heterocycles. The molecule has 1 fully saturated rings. The zero-order valence-electron chi connectivity index (χ0n) is 17.0. The highest BCUT2D eigenvalue weighted by Gasteiger charge is 2.52. The van der Waals surface area contributed by atoms with Crippen LogP contribution in [-0.4, -0.2) is 23.9 Å². The molecule has 148 valence electrons. The highest BCUT2D eigenvalue weighted by atomic mass is 16.5. The van der Waals surface area contributed by atoms with E-state index in [9.17, 15) is 10.2 Å². The first kappa shape index (κ1) is 18.9. The SMILES string of the molecule is COc1cc2c(cc1O)CCC1C2CC[C@]2(C)C([C@H](C)CCCO)=CCC12. The van der Waals surface area contributed by atoms with Gasteiger partial charge in [-0.25, -0.2) is 0 Å². The zero-order valence-corrected chi connectivity index (χ0v) is 17.0. The van der Waals surface area contributed by atoms with Crippen molar-refractivity contribution in [1.29, 1.82) is 0 Å². The first-order valence-electron chi connectivity index (χ1n) is 10.7. The Morgan fingerprint density at radius 3 is 2.85 bits per heavy atom. The van der Waals surface area contributed by atoms with Crippen LogP contribution in [0.15, 0.2) is 23.8 Å². The Morgan fingerprint density at radius 1 is 1.30 bits per heavy atom. The molecular weight excluding hydrogens is 336 g/mol. The Morgan fingerprint density at radius 2 is 2.11 bits per heavy atom. The molecular formula is C24H34O3. The van der Waals surface area contributed by atoms with Crippen LogP contribution in [0.4, 0.5) is 0 Å². The number of rotatable bonds is 5. The van der Waals surface area contributed by atoms with Gasteiger partial charge in [0.15, 0.2) is 11.5 Å². The molecule has 0 aromatic heterocycles. The maximum atomic E-state index is 10.2. The normalized spacial score (nSPS) is 32.9. The predicted octanol–water partition coefficient (Wildman–Crippen LogP) is 5.20. The van der Waals surface area contributed by atoms with E-state index in [1.165, 1.54) is 36.8 Å². The molecule has 0 amide bonds. The summed E-state index contributed by atoms with van der Waals surface area (Å²) in [6.45, 7) is 5.16. The minimum Gasteiger partial charge on any atom is -0.504 e. The molecule has 3 unspecified atom stereocenters. The zero-order chi connectivity index (χ0) is 19.2. The lowest BCUT2D eigenvalue weighted by molar-refractivity contribution is 0.0683. The van der Waals surface area contributed by atoms with Crippen LogP contribution in [0.25, 0.3) is 0 Å². The molecule has 1 aromatic rings. The van der Waals surface area contributed by atoms with Gasteiger partial charge in [-0.3, -0.25) is 0 Å². The summed E-state index contributed by atoms with van der Waals surface area (Å²) in [5.41, 5.74) is 4.73. The topological polar surface area (TPSA) is 49.7 Å². The maximum absolute atomic E-state index is 10.2. The number of hydrogen-bond donors (Lipinski definition) is 2. The second kappa shape index (κ2) is 7.16. The third-order valence-electron chi connectivity index (χ3n) is 7.99. The van der Waals surface area contributed by atoms with E-state index in [-0.39, 0.29) is 5.75 Å². The number of allylic oxidation sites excluding steroid dienone is 2. The number of methoxy groups -OCH3 is 1. The van der Waals surface area contributed by atoms with E-state index in [4.69, 9.17) is 4.74 Å². The van der Waals surface area contributed by atoms with E-state index in [2.05, 4.69) is 26.0 Å². The average Bonchev–Trinajstić information content (AvgIpc) is 3.02. The monoisotopic (exact) mass is 370 g/mol. The highest BCUT2D eigenvalue weighted by Crippen LogP contribution is 2.62. The number of phenols is 1. The molecule has 0 radical (unpaired) electrons. The molecule has 5 atom stereocenters. The number of aromatic hydroxyl groups is 1. The molecule has 3 aliphatic carbocycles. The molecule has 1 aromatic carbocycles. The molecule has 1 saturated carbocycles. The number of phenolic OH excluding ortho intramolecular Hbond substituents is 1. The van der Waals surface area contributed by atoms with Gasteiger partial charge in [0, 0.05) is 6.61 Å². The van der Waals surface area contributed by atoms with Gasteiger partial charge >= 0.3 is 0 Å². The number of aliphatic hydroxyl groups is 1. The van der Waals surface area contributed by atoms with Crippen LogP contribution in [0, 0.1) is 23.2 Å². The van der Waals surface area contributed by atoms with Crippen molar-refractivity contribution in [3.05, 3.63) is 34.9 Å². The van der Waals surface area contributed by atoms with Gasteiger partial charge in [-0.05, 0) is 97.3 Å². The standard InChI is InChI=1S/C24H34O3/c1-15(5-4-12-25)20-8-9-21-18-7-6-16-13-22(26)23(27-3)14-19(16)17(18)10-11-24(20,21)2/h8,13-15,17-18,21,25-26H,4-7,9-12H2,1-3H3/t15-,17?,18?,21?,24-/m1/s1. The first-order chi connectivity index (χ1) is 13.0. The van der Waals surface area contributed by atoms with Gasteiger partial charge in [-0.15, -0.1) is 0 Å². The molecule has 0 heterocycles. The lowest BCUT2D eigenvalue weighted by atomic mass is 9.53. The van der Waals surface area contributed by atoms with E-state index in [0.29, 0.717) is 29.6 Å². The van der Waals surface area contributed by atoms with Gasteiger partial charge in [-0.1, -0.05) is 25.5 Å². The fourth-order valence-electron chi connectivity index (χ4n) is 6.67. The third kappa shape index (κ3) is 2.99. The van der Waals surface area contributed by atoms with Crippen molar-refractivity contribution in [2.75, 3.05) is 13.7 Å². The summed E-state index contributed by atoms with van der Waals surface area (Å²) in [4.78, 5) is 0. The highest BCUT2D eigenvalue weighted by molar-refractivity contribution is 5.49. The van der Waals surface area contributed by atoms with Crippen LogP contribution in [-0.2, 0) is 6.42 Å². The second-order valence-electron chi connectivity index (χ2n) is 9.26. The van der Waals surface area contributed by atoms with Crippen molar-refractivity contribution in [2.45, 2.75) is 64.7 Å². The molecule has 4 rings (SSSR count). The Bertz CT molecular complexity index is 737. The molecule has 0 saturated heterocycles. The summed E-state index contributed by atoms with van der Waals surface area (Å²) in [6, 6.07) is 4.05. The van der Waals surface area contributed by atoms with Crippen LogP contribution >= 0.6 is 0 Å². The van der Waals surface area contributed by atoms with Crippen molar-refractivity contribution in [3.8, 4) is 11.5 Å². The number of fused-ring (bicyclic) bond motifs is 5. The van der Waals surface area contributed by atoms with Crippen molar-refractivity contribution >= 4 is 0 Å². The maximum Gasteiger partial charge on any atom is 0.160 e. The summed E-state index contributed by atoms with van der Waals surface area (Å²) < 4.78 is 5.40. The van der Waals surface area contributed by atoms with E-state index in [0.717, 1.165) is 31.1 Å². The summed E-state index contributed by atoms with van der Waals surface area (Å²) in [5.74, 6) is 3.53. The lowest BCUT2D eigenvalue weighted by Crippen LogP contribution is -2.42. The summed E-state index contributed by atoms with van der Waals surface area (Å²) in [5, 5.41) is 19.4. The van der Waals surface area contributed by atoms with Crippen LogP contribution < -0.4 is 4.74 Å². The molecule has 0 spiro atoms. The minimum absolute atomic E-state index is 0.276. The van der Waals surface area contributed by atoms with Crippen LogP contribution in [0.2, 0.25) is 0 Å². The minimum atomic E-state index is 0.276. The van der Waals surface area contributed by atoms with Gasteiger partial charge in [0.2, 0.25) is 0 Å². The quantitative estimate of drug-likeness (QED) is 0.700. The smallest absolute Gasteiger partial charge is 0.160 e. The number of benzene rings is 1. The number of ether oxygens (including phenoxy) is 1. The molecule has 2 N–H and O–H groups in total. The van der Waals surface area contributed by atoms with Gasteiger partial charge in [0.05, 0.1) is 7.11 Å². The van der Waals surface area contributed by atoms with Crippen LogP contribution in [0.1, 0.15) is 69.4 Å². The van der Waals surface area contributed by atoms with Gasteiger partial charge in [-0.2, -0.15) is 0 Å². The van der Waals surface area contributed by atoms with E-state index >= 15 is 0 Å². The first-order valence-corrected chi connectivity index (χ1v) is 10.7. The molecule has 27 heavy (non-hydrogen) atoms. The fraction of sp³-hybridized carbons (Fsp3) is 0.667. The molecule has 0 bridgehead atoms. The Hall–Kier alpha value is -1.48. The average molecular weight is 371 g/mol. The van der Waals surface area contributed by atoms with Crippen molar-refractivity contribution in [3.63, 3.8) is 0 Å². The fourth-order valence-corrected chi connectivity index (χ4v) is 6.67. The van der Waals surface area contributed by atoms with Crippen molar-refractivity contribution in [1.82, 2.24) is 0 Å². The molecule has 3 heteroatoms. The van der Waals surface area contributed by atoms with Crippen LogP contribution in [0.5, 0.6) is 11.5 Å². The Labute approximate surface area is 163 Å². The summed E-state index contributed by atoms with van der Waals surface area (Å²) in [6.07, 6.45) is 10.5. The largest absolute Gasteiger partial charge is 0.504 e. The van der Waals surface area contributed by atoms with Crippen molar-refractivity contribution in [2.24, 2.45) is 23.2 Å². The van der Waals surface area contributed by atoms with Crippen molar-refractivity contribution < 1.29 is 14.9 Å². The van der Waals surface area contributed by atoms with E-state index in [1.54, 1.807) is 12.7 Å². The number of hydrogen-bond acceptors (Lipinski definition) is 3. The lowest BCUT2D eigenvalue weighted by Gasteiger charge is -2.51. The predicted molar refractivity (Wildman–Crippen MR) is 108 cm³/mol. The van der Waals surface area contributed by atoms with E-state index in [1.807, 2.05) is 6.07 Å². The summed E-state index contributed by atoms with van der Waals surface area (Å²) in [7, 11) is 1.64. The van der Waals surface area contributed by atoms with Gasteiger partial charge in [0.25, 0.3) is 0 Å². The number of aryl methyl sites for hydroxylation is 1. The van der Waals surface area contributed by atoms with E-state index < -0.39 is 0 Å². The number of aliphatic hydroxyl groups excluding tert-OH is 1. The summed E-state index contributed by atoms with van der Waals surface area (Å²) >= 11 is 0. The van der Waals surface area contributed by atoms with Gasteiger partial charge in [0.1, 0.15) is 0 Å².